The molecule has 31 heteroatoms. The summed E-state index contributed by atoms with van der Waals surface area (Å²) < 4.78 is 13.3. The Labute approximate surface area is 685 Å². The number of hydrogen-bond acceptors (Lipinski definition) is 15. The first kappa shape index (κ1) is 86.7. The highest BCUT2D eigenvalue weighted by molar-refractivity contribution is 5.98. The average Bonchev–Trinajstić information content (AvgIpc) is 1.67. The minimum Gasteiger partial charge on any atom is -0.506 e. The molecule has 20 N–H and O–H groups in total. The maximum absolute atomic E-state index is 13.3. The van der Waals surface area contributed by atoms with Crippen LogP contribution in [-0.2, 0) is 57.8 Å². The first-order chi connectivity index (χ1) is 57.7. The molecule has 0 saturated heterocycles. The molecule has 30 nitrogen and oxygen atoms in total. The molecular weight excluding hydrogens is 1560 g/mol. The van der Waals surface area contributed by atoms with E-state index in [0.29, 0.717) is 122 Å². The smallest absolute Gasteiger partial charge is 0.345 e. The predicted octanol–water partition coefficient (Wildman–Crippen LogP) is 15.6. The van der Waals surface area contributed by atoms with Crippen molar-refractivity contribution in [3.63, 3.8) is 0 Å². The van der Waals surface area contributed by atoms with Gasteiger partial charge in [-0.05, 0) is 165 Å². The second-order valence-electron chi connectivity index (χ2n) is 28.5. The van der Waals surface area contributed by atoms with Gasteiger partial charge in [0, 0.05) is 82.3 Å². The molecule has 626 valence electrons. The number of nitrogens with one attached hydrogen (secondary N) is 10. The van der Waals surface area contributed by atoms with Gasteiger partial charge in [-0.2, -0.15) is 0 Å². The fourth-order valence-electron chi connectivity index (χ4n) is 14.8. The third-order valence-corrected chi connectivity index (χ3v) is 20.9. The molecule has 0 amide bonds. The Kier molecular flexibility index (Phi) is 26.2. The Morgan fingerprint density at radius 2 is 0.496 bits per heavy atom. The van der Waals surface area contributed by atoms with Gasteiger partial charge < -0.3 is 101 Å². The molecule has 0 spiro atoms. The van der Waals surface area contributed by atoms with Gasteiger partial charge in [-0.25, -0.2) is 28.4 Å². The number of pyridine rings is 5. The number of carbonyl (C=O) groups is 5. The Bertz CT molecular complexity index is 6590. The number of hydrogen-bond donors (Lipinski definition) is 20. The average molecular weight is 1650 g/mol. The second-order valence-corrected chi connectivity index (χ2v) is 28.5. The molecule has 10 aromatic heterocycles. The van der Waals surface area contributed by atoms with Crippen molar-refractivity contribution in [1.29, 1.82) is 0 Å². The third kappa shape index (κ3) is 17.8. The normalized spacial score (nSPS) is 11.1. The highest BCUT2D eigenvalue weighted by Gasteiger charge is 2.29. The molecule has 15 aromatic rings. The molecule has 0 atom stereocenters. The number of carboxylic acids is 5. The van der Waals surface area contributed by atoms with E-state index in [1.165, 1.54) is 34.4 Å². The number of aromatic nitrogens is 10. The first-order valence-corrected chi connectivity index (χ1v) is 39.1. The van der Waals surface area contributed by atoms with Crippen LogP contribution in [0, 0.1) is 5.82 Å². The number of aromatic amines is 10. The van der Waals surface area contributed by atoms with Gasteiger partial charge in [0.05, 0.1) is 56.9 Å². The van der Waals surface area contributed by atoms with E-state index in [9.17, 15) is 77.9 Å². The van der Waals surface area contributed by atoms with E-state index in [-0.39, 0.29) is 5.69 Å². The van der Waals surface area contributed by atoms with Gasteiger partial charge in [-0.3, -0.25) is 24.0 Å². The van der Waals surface area contributed by atoms with Crippen LogP contribution in [0.3, 0.4) is 0 Å². The molecule has 0 radical (unpaired) electrons. The Balaban J connectivity index is 0.000000148. The zero-order valence-corrected chi connectivity index (χ0v) is 67.3. The Hall–Kier alpha value is -15.2. The summed E-state index contributed by atoms with van der Waals surface area (Å²) in [6.07, 6.45) is 7.75. The van der Waals surface area contributed by atoms with Crippen LogP contribution in [0.2, 0.25) is 0 Å². The van der Waals surface area contributed by atoms with Crippen LogP contribution in [0.25, 0.3) is 111 Å². The molecule has 10 heterocycles. The summed E-state index contributed by atoms with van der Waals surface area (Å²) in [6, 6.07) is 37.8. The van der Waals surface area contributed by atoms with Crippen LogP contribution in [-0.4, -0.2) is 131 Å². The molecule has 0 bridgehead atoms. The summed E-state index contributed by atoms with van der Waals surface area (Å²) in [5, 5.41) is 101. The Morgan fingerprint density at radius 3 is 0.785 bits per heavy atom. The number of halogens is 1. The SMILES string of the molecule is CCCc1ccc2[nH]c(-c3[nH]c(=O)c(C(=O)O)c(O)c3CC)cc2c1.CCCc1ccc2cc(-c3[nH]c(=O)c(C(=O)O)c(O)c3CC)[nH]c2c1.CCc1c(-c2cc3cc(F)ccc3[nH]2)[nH]c(=O)c(C(=O)O)c1O.CCc1ccc2[nH]c(-c3[nH]c(=O)c(C(=O)O)c(O)c3CC)cc2c1.CCc1ccc2cc(-c3[nH]c(=O)c(C(=O)O)c(O)c3CC)[nH]c2c1. The molecule has 0 aliphatic heterocycles. The molecule has 0 aliphatic rings. The number of aromatic carboxylic acids is 5. The zero-order valence-electron chi connectivity index (χ0n) is 67.3. The van der Waals surface area contributed by atoms with Gasteiger partial charge >= 0.3 is 29.8 Å². The number of benzene rings is 5. The van der Waals surface area contributed by atoms with E-state index < -0.39 is 120 Å². The van der Waals surface area contributed by atoms with E-state index in [1.54, 1.807) is 46.8 Å². The molecule has 15 rings (SSSR count). The summed E-state index contributed by atoms with van der Waals surface area (Å²) in [7, 11) is 0. The number of H-pyrrole nitrogens is 10. The number of aryl methyl sites for hydroxylation is 4. The van der Waals surface area contributed by atoms with Gasteiger partial charge in [0.15, 0.2) is 27.8 Å². The van der Waals surface area contributed by atoms with Gasteiger partial charge in [-0.15, -0.1) is 0 Å². The van der Waals surface area contributed by atoms with Gasteiger partial charge in [0.2, 0.25) is 0 Å². The van der Waals surface area contributed by atoms with Crippen LogP contribution >= 0.6 is 0 Å². The Morgan fingerprint density at radius 1 is 0.264 bits per heavy atom. The summed E-state index contributed by atoms with van der Waals surface area (Å²) in [5.41, 5.74) is 8.70. The lowest BCUT2D eigenvalue weighted by atomic mass is 10.0. The molecule has 0 aliphatic carbocycles. The standard InChI is InChI=1S/2C19H20N2O4.2C18H18N2O4.C16H13FN2O4/c1-3-5-10-6-7-13-11(8-10)9-14(20-13)16-12(4-2)17(22)15(19(24)25)18(23)21-16;1-3-5-10-6-7-11-9-14(20-13(11)8-10)16-12(4-2)17(22)15(19(24)25)18(23)21-16;1-3-9-5-6-12-10(7-9)8-13(19-12)15-11(4-2)16(21)14(18(23)24)17(22)20-15;1-3-9-5-6-10-8-13(19-12(10)7-9)15-11(4-2)16(21)14(18(23)24)17(22)20-15;1-2-9-13(19-15(21)12(14(9)20)16(22)23)11-6-7-5-8(17)3-4-10(7)18-11/h2*6-9,20H,3-5H2,1-2H3,(H,24,25)(H2,21,22,23);2*5-8,19H,3-4H2,1-2H3,(H,23,24)(H2,20,21,22);3-6,18H,2H2,1H3,(H,22,23)(H2,19,20,21). The third-order valence-electron chi connectivity index (χ3n) is 20.9. The van der Waals surface area contributed by atoms with Crippen LogP contribution in [0.1, 0.15) is 177 Å². The van der Waals surface area contributed by atoms with E-state index in [0.717, 1.165) is 82.1 Å². The van der Waals surface area contributed by atoms with Gasteiger partial charge in [0.25, 0.3) is 27.8 Å². The molecule has 5 aromatic carbocycles. The van der Waals surface area contributed by atoms with Crippen molar-refractivity contribution in [2.75, 3.05) is 0 Å². The van der Waals surface area contributed by atoms with E-state index in [2.05, 4.69) is 108 Å². The van der Waals surface area contributed by atoms with E-state index in [1.807, 2.05) is 66.7 Å². The number of fused-ring (bicyclic) bond motifs is 5. The highest BCUT2D eigenvalue weighted by Crippen LogP contribution is 2.38. The number of aromatic hydroxyl groups is 5. The fourth-order valence-corrected chi connectivity index (χ4v) is 14.8. The zero-order chi connectivity index (χ0) is 87.9. The highest BCUT2D eigenvalue weighted by atomic mass is 19.1. The van der Waals surface area contributed by atoms with Crippen molar-refractivity contribution in [2.24, 2.45) is 0 Å². The van der Waals surface area contributed by atoms with Crippen LogP contribution < -0.4 is 27.8 Å². The van der Waals surface area contributed by atoms with Crippen molar-refractivity contribution in [2.45, 2.75) is 133 Å². The maximum atomic E-state index is 13.3. The summed E-state index contributed by atoms with van der Waals surface area (Å²) in [5.74, 6) is -10.1. The lowest BCUT2D eigenvalue weighted by Gasteiger charge is -2.10. The lowest BCUT2D eigenvalue weighted by molar-refractivity contribution is 0.0680. The number of rotatable bonds is 21. The van der Waals surface area contributed by atoms with Crippen LogP contribution in [0.5, 0.6) is 28.7 Å². The van der Waals surface area contributed by atoms with Gasteiger partial charge in [0.1, 0.15) is 34.6 Å². The topological polar surface area (TPSA) is 531 Å². The van der Waals surface area contributed by atoms with Crippen molar-refractivity contribution in [1.82, 2.24) is 49.8 Å². The predicted molar refractivity (Wildman–Crippen MR) is 458 cm³/mol. The molecular formula is C90H89FN10O20. The lowest BCUT2D eigenvalue weighted by Crippen LogP contribution is -2.20. The monoisotopic (exact) mass is 1650 g/mol. The van der Waals surface area contributed by atoms with E-state index >= 15 is 0 Å². The van der Waals surface area contributed by atoms with Crippen molar-refractivity contribution >= 4 is 84.4 Å². The maximum Gasteiger partial charge on any atom is 0.345 e. The summed E-state index contributed by atoms with van der Waals surface area (Å²) in [6.45, 7) is 17.3. The minimum absolute atomic E-state index is 0.289. The van der Waals surface area contributed by atoms with Crippen molar-refractivity contribution in [3.8, 4) is 85.7 Å². The minimum atomic E-state index is -1.50. The van der Waals surface area contributed by atoms with Crippen LogP contribution in [0.4, 0.5) is 4.39 Å². The molecule has 0 saturated carbocycles. The summed E-state index contributed by atoms with van der Waals surface area (Å²) >= 11 is 0. The number of carboxylic acid groups (broad SMARTS) is 5. The largest absolute Gasteiger partial charge is 0.506 e. The van der Waals surface area contributed by atoms with Crippen molar-refractivity contribution < 1.29 is 79.4 Å². The van der Waals surface area contributed by atoms with Gasteiger partial charge in [-0.1, -0.05) is 112 Å². The van der Waals surface area contributed by atoms with E-state index in [4.69, 9.17) is 25.5 Å². The first-order valence-electron chi connectivity index (χ1n) is 39.1. The van der Waals surface area contributed by atoms with Crippen molar-refractivity contribution in [3.05, 3.63) is 257 Å². The van der Waals surface area contributed by atoms with Crippen LogP contribution in [0.15, 0.2) is 145 Å². The fraction of sp³-hybridized carbons (Fsp3) is 0.222. The quantitative estimate of drug-likeness (QED) is 0.0318. The molecule has 121 heavy (non-hydrogen) atoms. The molecule has 0 unspecified atom stereocenters. The summed E-state index contributed by atoms with van der Waals surface area (Å²) in [4.78, 5) is 145. The second kappa shape index (κ2) is 36.6. The molecule has 0 fully saturated rings.